The van der Waals surface area contributed by atoms with Gasteiger partial charge in [0.15, 0.2) is 5.75 Å². The minimum absolute atomic E-state index is 0.0738. The van der Waals surface area contributed by atoms with Gasteiger partial charge in [0.1, 0.15) is 6.54 Å². The van der Waals surface area contributed by atoms with Crippen LogP contribution in [0.1, 0.15) is 24.2 Å². The third-order valence-electron chi connectivity index (χ3n) is 3.52. The highest BCUT2D eigenvalue weighted by atomic mass is 16.5. The van der Waals surface area contributed by atoms with Crippen molar-refractivity contribution in [3.8, 4) is 5.75 Å². The standard InChI is InChI=1S/C17H20N2O3/c1-12-9-15(20)16(22-3)10-19(12)11-17(21)18-13(2)14-7-5-4-6-8-14/h4-10,13H,11H2,1-3H3,(H,18,21). The Labute approximate surface area is 129 Å². The Morgan fingerprint density at radius 3 is 2.64 bits per heavy atom. The first-order valence-corrected chi connectivity index (χ1v) is 7.10. The number of amides is 1. The van der Waals surface area contributed by atoms with Crippen molar-refractivity contribution < 1.29 is 9.53 Å². The van der Waals surface area contributed by atoms with Gasteiger partial charge in [0.2, 0.25) is 11.3 Å². The average Bonchev–Trinajstić information content (AvgIpc) is 2.50. The topological polar surface area (TPSA) is 60.3 Å². The molecule has 1 aromatic heterocycles. The predicted octanol–water partition coefficient (Wildman–Crippen LogP) is 2.04. The van der Waals surface area contributed by atoms with Crippen LogP contribution in [-0.4, -0.2) is 17.6 Å². The van der Waals surface area contributed by atoms with Gasteiger partial charge in [-0.3, -0.25) is 9.59 Å². The zero-order chi connectivity index (χ0) is 16.1. The quantitative estimate of drug-likeness (QED) is 0.919. The van der Waals surface area contributed by atoms with Crippen molar-refractivity contribution >= 4 is 5.91 Å². The molecule has 0 radical (unpaired) electrons. The van der Waals surface area contributed by atoms with Gasteiger partial charge in [-0.1, -0.05) is 30.3 Å². The maximum Gasteiger partial charge on any atom is 0.240 e. The molecule has 1 unspecified atom stereocenters. The summed E-state index contributed by atoms with van der Waals surface area (Å²) in [5, 5.41) is 2.95. The second-order valence-corrected chi connectivity index (χ2v) is 5.18. The maximum absolute atomic E-state index is 12.2. The summed E-state index contributed by atoms with van der Waals surface area (Å²) in [5.74, 6) is 0.111. The van der Waals surface area contributed by atoms with Gasteiger partial charge in [0.25, 0.3) is 0 Å². The van der Waals surface area contributed by atoms with Crippen molar-refractivity contribution in [1.82, 2.24) is 9.88 Å². The summed E-state index contributed by atoms with van der Waals surface area (Å²) < 4.78 is 6.71. The van der Waals surface area contributed by atoms with Crippen LogP contribution >= 0.6 is 0 Å². The lowest BCUT2D eigenvalue weighted by Crippen LogP contribution is -2.31. The van der Waals surface area contributed by atoms with Crippen molar-refractivity contribution in [3.63, 3.8) is 0 Å². The lowest BCUT2D eigenvalue weighted by molar-refractivity contribution is -0.122. The molecule has 0 fully saturated rings. The summed E-state index contributed by atoms with van der Waals surface area (Å²) in [6, 6.07) is 11.1. The van der Waals surface area contributed by atoms with Crippen LogP contribution in [0, 0.1) is 6.92 Å². The average molecular weight is 300 g/mol. The van der Waals surface area contributed by atoms with Gasteiger partial charge in [0.05, 0.1) is 19.3 Å². The first-order chi connectivity index (χ1) is 10.5. The van der Waals surface area contributed by atoms with Crippen molar-refractivity contribution in [3.05, 3.63) is 64.1 Å². The van der Waals surface area contributed by atoms with Crippen LogP contribution in [0.15, 0.2) is 47.4 Å². The molecule has 116 valence electrons. The van der Waals surface area contributed by atoms with E-state index in [1.807, 2.05) is 37.3 Å². The molecule has 1 atom stereocenters. The highest BCUT2D eigenvalue weighted by Gasteiger charge is 2.11. The highest BCUT2D eigenvalue weighted by molar-refractivity contribution is 5.76. The van der Waals surface area contributed by atoms with Crippen molar-refractivity contribution in [1.29, 1.82) is 0 Å². The third kappa shape index (κ3) is 3.75. The second-order valence-electron chi connectivity index (χ2n) is 5.18. The van der Waals surface area contributed by atoms with E-state index in [-0.39, 0.29) is 29.7 Å². The van der Waals surface area contributed by atoms with Crippen LogP contribution in [0.25, 0.3) is 0 Å². The molecule has 1 N–H and O–H groups in total. The van der Waals surface area contributed by atoms with Crippen molar-refractivity contribution in [2.24, 2.45) is 0 Å². The van der Waals surface area contributed by atoms with Crippen LogP contribution in [0.2, 0.25) is 0 Å². The van der Waals surface area contributed by atoms with E-state index in [0.29, 0.717) is 5.69 Å². The monoisotopic (exact) mass is 300 g/mol. The molecule has 0 aliphatic rings. The minimum atomic E-state index is -0.186. The normalized spacial score (nSPS) is 11.8. The summed E-state index contributed by atoms with van der Waals surface area (Å²) >= 11 is 0. The van der Waals surface area contributed by atoms with Crippen LogP contribution in [0.4, 0.5) is 0 Å². The molecule has 22 heavy (non-hydrogen) atoms. The van der Waals surface area contributed by atoms with Gasteiger partial charge in [-0.2, -0.15) is 0 Å². The number of nitrogens with zero attached hydrogens (tertiary/aromatic N) is 1. The van der Waals surface area contributed by atoms with Crippen LogP contribution in [-0.2, 0) is 11.3 Å². The van der Waals surface area contributed by atoms with Crippen molar-refractivity contribution in [2.75, 3.05) is 7.11 Å². The molecule has 1 aromatic carbocycles. The first kappa shape index (κ1) is 15.8. The van der Waals surface area contributed by atoms with E-state index in [0.717, 1.165) is 5.56 Å². The number of hydrogen-bond acceptors (Lipinski definition) is 3. The molecular formula is C17H20N2O3. The molecule has 0 saturated heterocycles. The fourth-order valence-corrected chi connectivity index (χ4v) is 2.24. The third-order valence-corrected chi connectivity index (χ3v) is 3.52. The predicted molar refractivity (Wildman–Crippen MR) is 85.0 cm³/mol. The molecule has 2 aromatic rings. The second kappa shape index (κ2) is 6.93. The number of ether oxygens (including phenoxy) is 1. The Morgan fingerprint density at radius 2 is 2.00 bits per heavy atom. The van der Waals surface area contributed by atoms with Gasteiger partial charge >= 0.3 is 0 Å². The van der Waals surface area contributed by atoms with Gasteiger partial charge in [-0.05, 0) is 19.4 Å². The summed E-state index contributed by atoms with van der Waals surface area (Å²) in [6.07, 6.45) is 1.56. The number of nitrogens with one attached hydrogen (secondary N) is 1. The number of hydrogen-bond donors (Lipinski definition) is 1. The fraction of sp³-hybridized carbons (Fsp3) is 0.294. The number of pyridine rings is 1. The minimum Gasteiger partial charge on any atom is -0.491 e. The van der Waals surface area contributed by atoms with E-state index >= 15 is 0 Å². The Kier molecular flexibility index (Phi) is 4.99. The van der Waals surface area contributed by atoms with Crippen molar-refractivity contribution in [2.45, 2.75) is 26.4 Å². The smallest absolute Gasteiger partial charge is 0.240 e. The first-order valence-electron chi connectivity index (χ1n) is 7.10. The Balaban J connectivity index is 2.08. The molecular weight excluding hydrogens is 280 g/mol. The van der Waals surface area contributed by atoms with E-state index in [1.165, 1.54) is 13.2 Å². The van der Waals surface area contributed by atoms with Gasteiger partial charge in [-0.25, -0.2) is 0 Å². The number of benzene rings is 1. The largest absolute Gasteiger partial charge is 0.491 e. The lowest BCUT2D eigenvalue weighted by atomic mass is 10.1. The van der Waals surface area contributed by atoms with E-state index in [2.05, 4.69) is 5.32 Å². The van der Waals surface area contributed by atoms with E-state index in [9.17, 15) is 9.59 Å². The lowest BCUT2D eigenvalue weighted by Gasteiger charge is -2.16. The molecule has 0 bridgehead atoms. The molecule has 0 spiro atoms. The molecule has 1 heterocycles. The molecule has 5 nitrogen and oxygen atoms in total. The zero-order valence-electron chi connectivity index (χ0n) is 13.0. The van der Waals surface area contributed by atoms with Gasteiger partial charge in [0, 0.05) is 11.8 Å². The molecule has 0 aliphatic heterocycles. The number of rotatable bonds is 5. The molecule has 5 heteroatoms. The molecule has 0 aliphatic carbocycles. The van der Waals surface area contributed by atoms with Crippen LogP contribution < -0.4 is 15.5 Å². The number of methoxy groups -OCH3 is 1. The van der Waals surface area contributed by atoms with E-state index in [4.69, 9.17) is 4.74 Å². The highest BCUT2D eigenvalue weighted by Crippen LogP contribution is 2.11. The SMILES string of the molecule is COc1cn(CC(=O)NC(C)c2ccccc2)c(C)cc1=O. The molecule has 2 rings (SSSR count). The van der Waals surface area contributed by atoms with E-state index < -0.39 is 0 Å². The number of aryl methyl sites for hydroxylation is 1. The summed E-state index contributed by atoms with van der Waals surface area (Å²) in [4.78, 5) is 23.8. The zero-order valence-corrected chi connectivity index (χ0v) is 13.0. The maximum atomic E-state index is 12.2. The Morgan fingerprint density at radius 1 is 1.32 bits per heavy atom. The van der Waals surface area contributed by atoms with Crippen LogP contribution in [0.3, 0.4) is 0 Å². The molecule has 0 saturated carbocycles. The molecule has 1 amide bonds. The summed E-state index contributed by atoms with van der Waals surface area (Å²) in [5.41, 5.74) is 1.58. The summed E-state index contributed by atoms with van der Waals surface area (Å²) in [6.45, 7) is 3.86. The number of aromatic nitrogens is 1. The Hall–Kier alpha value is -2.56. The fourth-order valence-electron chi connectivity index (χ4n) is 2.24. The number of carbonyl (C=O) groups is 1. The van der Waals surface area contributed by atoms with Gasteiger partial charge < -0.3 is 14.6 Å². The summed E-state index contributed by atoms with van der Waals surface area (Å²) in [7, 11) is 1.44. The Bertz CT molecular complexity index is 708. The number of carbonyl (C=O) groups excluding carboxylic acids is 1. The van der Waals surface area contributed by atoms with Crippen LogP contribution in [0.5, 0.6) is 5.75 Å². The van der Waals surface area contributed by atoms with Gasteiger partial charge in [-0.15, -0.1) is 0 Å². The van der Waals surface area contributed by atoms with E-state index in [1.54, 1.807) is 17.7 Å².